The number of nitrogens with zero attached hydrogens (tertiary/aromatic N) is 1. The molecule has 0 aliphatic rings. The molecule has 3 nitrogen and oxygen atoms in total. The lowest BCUT2D eigenvalue weighted by Gasteiger charge is -2.09. The molecule has 4 heteroatoms. The van der Waals surface area contributed by atoms with Gasteiger partial charge >= 0.3 is 5.97 Å². The molecule has 0 saturated heterocycles. The van der Waals surface area contributed by atoms with Gasteiger partial charge in [-0.2, -0.15) is 0 Å². The first-order valence-corrected chi connectivity index (χ1v) is 6.31. The van der Waals surface area contributed by atoms with E-state index in [9.17, 15) is 9.18 Å². The smallest absolute Gasteiger partial charge is 0.337 e. The molecule has 0 aliphatic heterocycles. The van der Waals surface area contributed by atoms with Gasteiger partial charge < -0.3 is 4.74 Å². The molecule has 0 aliphatic carbocycles. The molecule has 1 rings (SSSR count). The maximum atomic E-state index is 14.1. The number of halogens is 1. The minimum atomic E-state index is -0.581. The molecule has 0 radical (unpaired) electrons. The van der Waals surface area contributed by atoms with Crippen molar-refractivity contribution in [1.82, 2.24) is 0 Å². The molecule has 0 amide bonds. The summed E-state index contributed by atoms with van der Waals surface area (Å²) in [4.78, 5) is 15.5. The number of aryl methyl sites for hydroxylation is 1. The Balaban J connectivity index is 3.11. The number of hydrogen-bond donors (Lipinski definition) is 0. The lowest BCUT2D eigenvalue weighted by molar-refractivity contribution is 0.0600. The van der Waals surface area contributed by atoms with Gasteiger partial charge in [-0.1, -0.05) is 24.8 Å². The van der Waals surface area contributed by atoms with Crippen LogP contribution in [0.1, 0.15) is 28.4 Å². The molecule has 0 aromatic heterocycles. The summed E-state index contributed by atoms with van der Waals surface area (Å²) in [6, 6.07) is 2.68. The second-order valence-electron chi connectivity index (χ2n) is 4.48. The van der Waals surface area contributed by atoms with Gasteiger partial charge in [0.15, 0.2) is 0 Å². The number of methoxy groups -OCH3 is 1. The fourth-order valence-electron chi connectivity index (χ4n) is 1.72. The Morgan fingerprint density at radius 3 is 2.62 bits per heavy atom. The number of carbonyl (C=O) groups is 1. The summed E-state index contributed by atoms with van der Waals surface area (Å²) in [5.74, 6) is -1.14. The van der Waals surface area contributed by atoms with Crippen molar-refractivity contribution >= 4 is 17.9 Å². The number of carbonyl (C=O) groups excluding carboxylic acids is 1. The van der Waals surface area contributed by atoms with E-state index in [1.807, 2.05) is 6.92 Å². The van der Waals surface area contributed by atoms with Crippen LogP contribution in [-0.4, -0.2) is 19.3 Å². The molecular weight excluding hydrogens is 269 g/mol. The Labute approximate surface area is 124 Å². The Bertz CT molecular complexity index is 619. The van der Waals surface area contributed by atoms with E-state index in [-0.39, 0.29) is 16.8 Å². The standard InChI is InChI=1S/C17H18FNO2/c1-6-11(2)7-8-19-13(4)16-12(3)9-14(10-15(16)18)17(20)21-5/h6-10H,1,4H2,2-3,5H3/b11-7-,19-8?. The van der Waals surface area contributed by atoms with Crippen molar-refractivity contribution in [1.29, 1.82) is 0 Å². The van der Waals surface area contributed by atoms with E-state index in [0.717, 1.165) is 11.6 Å². The van der Waals surface area contributed by atoms with Crippen LogP contribution in [0.5, 0.6) is 0 Å². The van der Waals surface area contributed by atoms with Crippen molar-refractivity contribution in [3.8, 4) is 0 Å². The van der Waals surface area contributed by atoms with E-state index in [1.165, 1.54) is 13.3 Å². The minimum Gasteiger partial charge on any atom is -0.465 e. The number of aliphatic imine (C=N–C) groups is 1. The van der Waals surface area contributed by atoms with Gasteiger partial charge in [0.25, 0.3) is 0 Å². The molecule has 0 fully saturated rings. The SMILES string of the molecule is C=C/C(C)=C\C=NC(=C)c1c(C)cc(C(=O)OC)cc1F. The molecule has 0 bridgehead atoms. The van der Waals surface area contributed by atoms with Gasteiger partial charge in [-0.25, -0.2) is 9.18 Å². The lowest BCUT2D eigenvalue weighted by Crippen LogP contribution is -2.04. The Morgan fingerprint density at radius 1 is 1.43 bits per heavy atom. The third-order valence-corrected chi connectivity index (χ3v) is 2.89. The van der Waals surface area contributed by atoms with Gasteiger partial charge in [-0.05, 0) is 37.6 Å². The average Bonchev–Trinajstić information content (AvgIpc) is 2.45. The largest absolute Gasteiger partial charge is 0.465 e. The molecule has 0 N–H and O–H groups in total. The highest BCUT2D eigenvalue weighted by Crippen LogP contribution is 2.24. The third-order valence-electron chi connectivity index (χ3n) is 2.89. The summed E-state index contributed by atoms with van der Waals surface area (Å²) in [6.07, 6.45) is 4.96. The highest BCUT2D eigenvalue weighted by atomic mass is 19.1. The molecule has 110 valence electrons. The van der Waals surface area contributed by atoms with E-state index in [4.69, 9.17) is 0 Å². The maximum Gasteiger partial charge on any atom is 0.337 e. The van der Waals surface area contributed by atoms with Gasteiger partial charge in [0, 0.05) is 11.8 Å². The van der Waals surface area contributed by atoms with Crippen LogP contribution < -0.4 is 0 Å². The van der Waals surface area contributed by atoms with Crippen molar-refractivity contribution in [2.75, 3.05) is 7.11 Å². The molecule has 21 heavy (non-hydrogen) atoms. The second kappa shape index (κ2) is 7.33. The molecule has 1 aromatic rings. The van der Waals surface area contributed by atoms with Gasteiger partial charge in [0.1, 0.15) is 5.82 Å². The summed E-state index contributed by atoms with van der Waals surface area (Å²) >= 11 is 0. The lowest BCUT2D eigenvalue weighted by atomic mass is 10.0. The average molecular weight is 287 g/mol. The van der Waals surface area contributed by atoms with Gasteiger partial charge in [0.2, 0.25) is 0 Å². The third kappa shape index (κ3) is 4.24. The first kappa shape index (κ1) is 16.6. The summed E-state index contributed by atoms with van der Waals surface area (Å²) in [6.45, 7) is 10.9. The van der Waals surface area contributed by atoms with E-state index >= 15 is 0 Å². The second-order valence-corrected chi connectivity index (χ2v) is 4.48. The number of allylic oxidation sites excluding steroid dienone is 3. The zero-order valence-corrected chi connectivity index (χ0v) is 12.4. The van der Waals surface area contributed by atoms with E-state index < -0.39 is 11.8 Å². The highest BCUT2D eigenvalue weighted by Gasteiger charge is 2.14. The number of rotatable bonds is 5. The zero-order chi connectivity index (χ0) is 16.0. The van der Waals surface area contributed by atoms with Crippen molar-refractivity contribution < 1.29 is 13.9 Å². The molecule has 0 unspecified atom stereocenters. The van der Waals surface area contributed by atoms with Crippen LogP contribution in [0.2, 0.25) is 0 Å². The van der Waals surface area contributed by atoms with Crippen LogP contribution in [0, 0.1) is 12.7 Å². The molecule has 0 heterocycles. The monoisotopic (exact) mass is 287 g/mol. The Hall–Kier alpha value is -2.49. The van der Waals surface area contributed by atoms with Crippen LogP contribution in [0.3, 0.4) is 0 Å². The van der Waals surface area contributed by atoms with Crippen molar-refractivity contribution in [3.63, 3.8) is 0 Å². The van der Waals surface area contributed by atoms with Crippen molar-refractivity contribution in [3.05, 3.63) is 65.5 Å². The first-order valence-electron chi connectivity index (χ1n) is 6.31. The molecule has 0 saturated carbocycles. The van der Waals surface area contributed by atoms with E-state index in [0.29, 0.717) is 5.56 Å². The van der Waals surface area contributed by atoms with E-state index in [2.05, 4.69) is 22.9 Å². The van der Waals surface area contributed by atoms with Crippen LogP contribution >= 0.6 is 0 Å². The number of ether oxygens (including phenoxy) is 1. The fourth-order valence-corrected chi connectivity index (χ4v) is 1.72. The normalized spacial score (nSPS) is 11.5. The van der Waals surface area contributed by atoms with Crippen LogP contribution in [0.15, 0.2) is 48.0 Å². The minimum absolute atomic E-state index is 0.162. The predicted molar refractivity (Wildman–Crippen MR) is 84.0 cm³/mol. The summed E-state index contributed by atoms with van der Waals surface area (Å²) in [5, 5.41) is 0. The first-order chi connectivity index (χ1) is 9.90. The van der Waals surface area contributed by atoms with Crippen molar-refractivity contribution in [2.24, 2.45) is 4.99 Å². The predicted octanol–water partition coefficient (Wildman–Crippen LogP) is 4.09. The van der Waals surface area contributed by atoms with Crippen molar-refractivity contribution in [2.45, 2.75) is 13.8 Å². The zero-order valence-electron chi connectivity index (χ0n) is 12.4. The van der Waals surface area contributed by atoms with Crippen LogP contribution in [0.25, 0.3) is 5.70 Å². The highest BCUT2D eigenvalue weighted by molar-refractivity contribution is 5.90. The van der Waals surface area contributed by atoms with Gasteiger partial charge in [0.05, 0.1) is 18.4 Å². The van der Waals surface area contributed by atoms with Crippen LogP contribution in [0.4, 0.5) is 4.39 Å². The topological polar surface area (TPSA) is 38.7 Å². The van der Waals surface area contributed by atoms with Gasteiger partial charge in [-0.3, -0.25) is 4.99 Å². The number of benzene rings is 1. The summed E-state index contributed by atoms with van der Waals surface area (Å²) < 4.78 is 18.7. The summed E-state index contributed by atoms with van der Waals surface area (Å²) in [5.41, 5.74) is 2.24. The molecule has 0 atom stereocenters. The summed E-state index contributed by atoms with van der Waals surface area (Å²) in [7, 11) is 1.25. The van der Waals surface area contributed by atoms with E-state index in [1.54, 1.807) is 25.1 Å². The Kier molecular flexibility index (Phi) is 5.79. The Morgan fingerprint density at radius 2 is 2.10 bits per heavy atom. The maximum absolute atomic E-state index is 14.1. The number of hydrogen-bond acceptors (Lipinski definition) is 3. The molecule has 0 spiro atoms. The molecular formula is C17H18FNO2. The molecule has 1 aromatic carbocycles. The quantitative estimate of drug-likeness (QED) is 0.464. The van der Waals surface area contributed by atoms with Gasteiger partial charge in [-0.15, -0.1) is 0 Å². The number of esters is 1. The van der Waals surface area contributed by atoms with Crippen LogP contribution in [-0.2, 0) is 4.74 Å². The fraction of sp³-hybridized carbons (Fsp3) is 0.176.